The fourth-order valence-electron chi connectivity index (χ4n) is 3.37. The quantitative estimate of drug-likeness (QED) is 0.628. The van der Waals surface area contributed by atoms with Crippen LogP contribution in [0, 0.1) is 0 Å². The van der Waals surface area contributed by atoms with Crippen LogP contribution in [0.3, 0.4) is 0 Å². The Morgan fingerprint density at radius 3 is 2.64 bits per heavy atom. The summed E-state index contributed by atoms with van der Waals surface area (Å²) in [6, 6.07) is 14.2. The lowest BCUT2D eigenvalue weighted by molar-refractivity contribution is 0.102. The average molecular weight is 333 g/mol. The SMILES string of the molecule is CN1CCc2c1cc(O)c1ccc(NC(=O)c3ccc(N)cc3)cc21. The average Bonchev–Trinajstić information content (AvgIpc) is 2.97. The first kappa shape index (κ1) is 15.3. The zero-order valence-electron chi connectivity index (χ0n) is 13.9. The smallest absolute Gasteiger partial charge is 0.255 e. The molecule has 0 bridgehead atoms. The summed E-state index contributed by atoms with van der Waals surface area (Å²) in [7, 11) is 2.02. The minimum absolute atomic E-state index is 0.187. The molecule has 1 aliphatic rings. The summed E-state index contributed by atoms with van der Waals surface area (Å²) < 4.78 is 0. The molecular formula is C20H19N3O2. The molecule has 3 aromatic rings. The molecule has 1 aliphatic heterocycles. The highest BCUT2D eigenvalue weighted by molar-refractivity contribution is 6.06. The summed E-state index contributed by atoms with van der Waals surface area (Å²) in [6.45, 7) is 0.926. The topological polar surface area (TPSA) is 78.6 Å². The van der Waals surface area contributed by atoms with Crippen LogP contribution in [0.4, 0.5) is 17.1 Å². The van der Waals surface area contributed by atoms with Gasteiger partial charge in [0.05, 0.1) is 0 Å². The molecule has 25 heavy (non-hydrogen) atoms. The van der Waals surface area contributed by atoms with Crippen LogP contribution in [0.1, 0.15) is 15.9 Å². The highest BCUT2D eigenvalue weighted by Crippen LogP contribution is 2.39. The van der Waals surface area contributed by atoms with E-state index < -0.39 is 0 Å². The van der Waals surface area contributed by atoms with E-state index in [2.05, 4.69) is 10.2 Å². The van der Waals surface area contributed by atoms with Crippen LogP contribution < -0.4 is 16.0 Å². The van der Waals surface area contributed by atoms with Gasteiger partial charge in [0.15, 0.2) is 0 Å². The lowest BCUT2D eigenvalue weighted by Crippen LogP contribution is -2.12. The van der Waals surface area contributed by atoms with Crippen molar-refractivity contribution in [2.24, 2.45) is 0 Å². The first-order valence-electron chi connectivity index (χ1n) is 8.19. The molecular weight excluding hydrogens is 314 g/mol. The van der Waals surface area contributed by atoms with Crippen LogP contribution in [-0.4, -0.2) is 24.6 Å². The van der Waals surface area contributed by atoms with Crippen LogP contribution in [-0.2, 0) is 6.42 Å². The van der Waals surface area contributed by atoms with Gasteiger partial charge in [-0.2, -0.15) is 0 Å². The number of nitrogen functional groups attached to an aromatic ring is 1. The molecule has 0 aliphatic carbocycles. The van der Waals surface area contributed by atoms with Gasteiger partial charge in [-0.1, -0.05) is 0 Å². The van der Waals surface area contributed by atoms with Crippen molar-refractivity contribution in [2.45, 2.75) is 6.42 Å². The second-order valence-electron chi connectivity index (χ2n) is 6.40. The van der Waals surface area contributed by atoms with E-state index in [-0.39, 0.29) is 11.7 Å². The van der Waals surface area contributed by atoms with Gasteiger partial charge >= 0.3 is 0 Å². The maximum atomic E-state index is 12.4. The second-order valence-corrected chi connectivity index (χ2v) is 6.40. The summed E-state index contributed by atoms with van der Waals surface area (Å²) in [6.07, 6.45) is 0.929. The van der Waals surface area contributed by atoms with E-state index in [1.165, 1.54) is 5.56 Å². The number of nitrogens with zero attached hydrogens (tertiary/aromatic N) is 1. The highest BCUT2D eigenvalue weighted by atomic mass is 16.3. The minimum atomic E-state index is -0.187. The third kappa shape index (κ3) is 2.63. The molecule has 0 saturated heterocycles. The van der Waals surface area contributed by atoms with Crippen LogP contribution >= 0.6 is 0 Å². The molecule has 126 valence electrons. The normalized spacial score (nSPS) is 13.1. The summed E-state index contributed by atoms with van der Waals surface area (Å²) in [5.74, 6) is 0.0761. The van der Waals surface area contributed by atoms with E-state index in [1.807, 2.05) is 31.3 Å². The molecule has 5 heteroatoms. The van der Waals surface area contributed by atoms with Crippen molar-refractivity contribution < 1.29 is 9.90 Å². The number of aromatic hydroxyl groups is 1. The molecule has 0 spiro atoms. The lowest BCUT2D eigenvalue weighted by Gasteiger charge is -2.14. The van der Waals surface area contributed by atoms with Crippen molar-refractivity contribution in [1.29, 1.82) is 0 Å². The van der Waals surface area contributed by atoms with Gasteiger partial charge < -0.3 is 21.1 Å². The summed E-state index contributed by atoms with van der Waals surface area (Å²) in [5.41, 5.74) is 9.79. The minimum Gasteiger partial charge on any atom is -0.507 e. The van der Waals surface area contributed by atoms with Crippen LogP contribution in [0.25, 0.3) is 10.8 Å². The number of amides is 1. The van der Waals surface area contributed by atoms with Gasteiger partial charge in [0, 0.05) is 47.7 Å². The summed E-state index contributed by atoms with van der Waals surface area (Å²) in [4.78, 5) is 14.5. The molecule has 3 aromatic carbocycles. The first-order valence-corrected chi connectivity index (χ1v) is 8.19. The maximum Gasteiger partial charge on any atom is 0.255 e. The molecule has 1 heterocycles. The van der Waals surface area contributed by atoms with Crippen molar-refractivity contribution in [1.82, 2.24) is 0 Å². The standard InChI is InChI=1S/C20H19N3O2/c1-23-9-8-15-17-10-14(6-7-16(17)19(24)11-18(15)23)22-20(25)12-2-4-13(21)5-3-12/h2-7,10-11,24H,8-9,21H2,1H3,(H,22,25). The maximum absolute atomic E-state index is 12.4. The second kappa shape index (κ2) is 5.70. The van der Waals surface area contributed by atoms with Crippen molar-refractivity contribution >= 4 is 33.7 Å². The van der Waals surface area contributed by atoms with Gasteiger partial charge in [-0.3, -0.25) is 4.79 Å². The Morgan fingerprint density at radius 1 is 1.12 bits per heavy atom. The van der Waals surface area contributed by atoms with Crippen LogP contribution in [0.5, 0.6) is 5.75 Å². The Labute approximate surface area is 145 Å². The van der Waals surface area contributed by atoms with Crippen molar-refractivity contribution in [3.8, 4) is 5.75 Å². The van der Waals surface area contributed by atoms with E-state index in [4.69, 9.17) is 5.73 Å². The molecule has 0 aromatic heterocycles. The molecule has 0 atom stereocenters. The predicted molar refractivity (Wildman–Crippen MR) is 101 cm³/mol. The van der Waals surface area contributed by atoms with E-state index in [1.54, 1.807) is 24.3 Å². The number of phenols is 1. The highest BCUT2D eigenvalue weighted by Gasteiger charge is 2.20. The zero-order chi connectivity index (χ0) is 17.6. The molecule has 4 N–H and O–H groups in total. The Kier molecular flexibility index (Phi) is 3.50. The number of anilines is 3. The largest absolute Gasteiger partial charge is 0.507 e. The molecule has 0 unspecified atom stereocenters. The van der Waals surface area contributed by atoms with Crippen LogP contribution in [0.2, 0.25) is 0 Å². The summed E-state index contributed by atoms with van der Waals surface area (Å²) >= 11 is 0. The fraction of sp³-hybridized carbons (Fsp3) is 0.150. The van der Waals surface area contributed by atoms with E-state index >= 15 is 0 Å². The predicted octanol–water partition coefficient (Wildman–Crippen LogP) is 3.37. The molecule has 5 nitrogen and oxygen atoms in total. The molecule has 0 fully saturated rings. The van der Waals surface area contributed by atoms with E-state index in [0.717, 1.165) is 29.4 Å². The van der Waals surface area contributed by atoms with E-state index in [9.17, 15) is 9.90 Å². The van der Waals surface area contributed by atoms with Gasteiger partial charge in [0.2, 0.25) is 0 Å². The number of carbonyl (C=O) groups excluding carboxylic acids is 1. The van der Waals surface area contributed by atoms with Crippen molar-refractivity contribution in [3.63, 3.8) is 0 Å². The number of fused-ring (bicyclic) bond motifs is 3. The Hall–Kier alpha value is -3.21. The summed E-state index contributed by atoms with van der Waals surface area (Å²) in [5, 5.41) is 15.0. The lowest BCUT2D eigenvalue weighted by atomic mass is 10.0. The number of phenolic OH excluding ortho intramolecular Hbond substituents is 1. The number of rotatable bonds is 2. The van der Waals surface area contributed by atoms with Gasteiger partial charge in [0.1, 0.15) is 5.75 Å². The molecule has 4 rings (SSSR count). The van der Waals surface area contributed by atoms with Crippen molar-refractivity contribution in [2.75, 3.05) is 29.5 Å². The number of nitrogens with two attached hydrogens (primary N) is 1. The van der Waals surface area contributed by atoms with Crippen molar-refractivity contribution in [3.05, 3.63) is 59.7 Å². The third-order valence-electron chi connectivity index (χ3n) is 4.74. The van der Waals surface area contributed by atoms with E-state index in [0.29, 0.717) is 16.9 Å². The number of hydrogen-bond donors (Lipinski definition) is 3. The monoisotopic (exact) mass is 333 g/mol. The number of likely N-dealkylation sites (N-methyl/N-ethyl adjacent to an activating group) is 1. The van der Waals surface area contributed by atoms with Crippen LogP contribution in [0.15, 0.2) is 48.5 Å². The molecule has 0 saturated carbocycles. The fourth-order valence-corrected chi connectivity index (χ4v) is 3.37. The number of benzene rings is 3. The number of hydrogen-bond acceptors (Lipinski definition) is 4. The van der Waals surface area contributed by atoms with Gasteiger partial charge in [-0.15, -0.1) is 0 Å². The molecule has 1 amide bonds. The Bertz CT molecular complexity index is 980. The van der Waals surface area contributed by atoms with Gasteiger partial charge in [-0.25, -0.2) is 0 Å². The van der Waals surface area contributed by atoms with Gasteiger partial charge in [0.25, 0.3) is 5.91 Å². The first-order chi connectivity index (χ1) is 12.0. The molecule has 0 radical (unpaired) electrons. The zero-order valence-corrected chi connectivity index (χ0v) is 13.9. The number of nitrogens with one attached hydrogen (secondary N) is 1. The Morgan fingerprint density at radius 2 is 1.88 bits per heavy atom. The third-order valence-corrected chi connectivity index (χ3v) is 4.74. The van der Waals surface area contributed by atoms with Gasteiger partial charge in [-0.05, 0) is 59.8 Å². The number of carbonyl (C=O) groups is 1. The Balaban J connectivity index is 1.71.